The summed E-state index contributed by atoms with van der Waals surface area (Å²) in [6, 6.07) is 0. The van der Waals surface area contributed by atoms with Gasteiger partial charge < -0.3 is 24.8 Å². The normalized spacial score (nSPS) is 20.9. The third-order valence-electron chi connectivity index (χ3n) is 3.06. The van der Waals surface area contributed by atoms with E-state index in [2.05, 4.69) is 63.4 Å². The van der Waals surface area contributed by atoms with E-state index in [1.807, 2.05) is 15.0 Å². The molecule has 0 saturated heterocycles. The van der Waals surface area contributed by atoms with Crippen molar-refractivity contribution >= 4 is 17.7 Å². The molecule has 0 nitrogen and oxygen atoms in total. The summed E-state index contributed by atoms with van der Waals surface area (Å²) in [6.45, 7) is 9.28. The number of fused-ring (bicyclic) bond motifs is 1. The van der Waals surface area contributed by atoms with Gasteiger partial charge in [-0.25, -0.2) is 0 Å². The van der Waals surface area contributed by atoms with Crippen LogP contribution in [0.4, 0.5) is 0 Å². The first kappa shape index (κ1) is 21.7. The molecule has 0 fully saturated rings. The van der Waals surface area contributed by atoms with Gasteiger partial charge >= 0.3 is 75.8 Å². The smallest absolute Gasteiger partial charge is 1.00 e. The molecule has 0 aromatic rings. The second kappa shape index (κ2) is 10.5. The molecule has 1 heterocycles. The molecular formula is C16H21Cl2SSiZr. The van der Waals surface area contributed by atoms with Gasteiger partial charge in [-0.3, -0.25) is 0 Å². The van der Waals surface area contributed by atoms with E-state index in [1.54, 1.807) is 0 Å². The summed E-state index contributed by atoms with van der Waals surface area (Å²) < 4.78 is 1.82. The van der Waals surface area contributed by atoms with Crippen LogP contribution in [-0.4, -0.2) is 5.92 Å². The second-order valence-corrected chi connectivity index (χ2v) is 19.7. The number of allylic oxidation sites excluding steroid dienone is 10. The van der Waals surface area contributed by atoms with E-state index in [-0.39, 0.29) is 53.1 Å². The first-order valence-electron chi connectivity index (χ1n) is 6.74. The van der Waals surface area contributed by atoms with Crippen LogP contribution in [0.1, 0.15) is 20.3 Å². The van der Waals surface area contributed by atoms with E-state index >= 15 is 0 Å². The van der Waals surface area contributed by atoms with Crippen LogP contribution >= 0.6 is 11.8 Å². The Balaban J connectivity index is 0.000000348. The SMILES string of the molecule is CC1=CC2C=CC=C2S1.CC1=CC[C]([Zr+2][Si](C)C)=C1.[Cl-].[Cl-]. The molecule has 5 heteroatoms. The van der Waals surface area contributed by atoms with Gasteiger partial charge in [0, 0.05) is 10.8 Å². The van der Waals surface area contributed by atoms with Crippen molar-refractivity contribution in [2.45, 2.75) is 33.4 Å². The zero-order valence-corrected chi connectivity index (χ0v) is 18.7. The van der Waals surface area contributed by atoms with Crippen molar-refractivity contribution in [2.24, 2.45) is 5.92 Å². The van der Waals surface area contributed by atoms with Crippen LogP contribution in [0, 0.1) is 5.92 Å². The van der Waals surface area contributed by atoms with E-state index in [0.29, 0.717) is 5.92 Å². The number of hydrogen-bond acceptors (Lipinski definition) is 1. The molecule has 3 rings (SSSR count). The Morgan fingerprint density at radius 3 is 2.48 bits per heavy atom. The van der Waals surface area contributed by atoms with Crippen LogP contribution < -0.4 is 24.8 Å². The first-order chi connectivity index (χ1) is 9.04. The second-order valence-electron chi connectivity index (χ2n) is 5.31. The zero-order valence-electron chi connectivity index (χ0n) is 12.9. The summed E-state index contributed by atoms with van der Waals surface area (Å²) >= 11 is 1.83. The Morgan fingerprint density at radius 2 is 1.95 bits per heavy atom. The van der Waals surface area contributed by atoms with Crippen molar-refractivity contribution in [3.05, 3.63) is 55.1 Å². The van der Waals surface area contributed by atoms with Gasteiger partial charge in [0.1, 0.15) is 0 Å². The molecule has 1 atom stereocenters. The van der Waals surface area contributed by atoms with Crippen LogP contribution in [-0.2, 0) is 22.4 Å². The van der Waals surface area contributed by atoms with E-state index in [4.69, 9.17) is 0 Å². The van der Waals surface area contributed by atoms with Gasteiger partial charge in [0.15, 0.2) is 0 Å². The number of hydrogen-bond donors (Lipinski definition) is 0. The first-order valence-corrected chi connectivity index (χ1v) is 15.0. The number of halogens is 2. The molecule has 0 spiro atoms. The molecule has 1 unspecified atom stereocenters. The Hall–Kier alpha value is 0.730. The van der Waals surface area contributed by atoms with Gasteiger partial charge in [-0.1, -0.05) is 36.1 Å². The maximum atomic E-state index is 2.45. The van der Waals surface area contributed by atoms with E-state index in [0.717, 1.165) is 0 Å². The topological polar surface area (TPSA) is 0 Å². The van der Waals surface area contributed by atoms with Gasteiger partial charge in [0.25, 0.3) is 0 Å². The van der Waals surface area contributed by atoms with Crippen molar-refractivity contribution in [3.63, 3.8) is 0 Å². The van der Waals surface area contributed by atoms with Gasteiger partial charge in [-0.15, -0.1) is 0 Å². The van der Waals surface area contributed by atoms with Crippen LogP contribution in [0.3, 0.4) is 0 Å². The Labute approximate surface area is 158 Å². The van der Waals surface area contributed by atoms with E-state index in [9.17, 15) is 0 Å². The summed E-state index contributed by atoms with van der Waals surface area (Å²) in [4.78, 5) is 2.93. The van der Waals surface area contributed by atoms with Gasteiger partial charge in [0.2, 0.25) is 0 Å². The monoisotopic (exact) mass is 433 g/mol. The molecule has 0 bridgehead atoms. The predicted molar refractivity (Wildman–Crippen MR) is 86.0 cm³/mol. The molecule has 1 radical (unpaired) electrons. The fourth-order valence-electron chi connectivity index (χ4n) is 2.26. The standard InChI is InChI=1S/C8H8S.C6H7.C2H6Si.2ClH.Zr/c1-6-5-7-3-2-4-8(7)9-6;1-6-4-2-3-5-6;1-3-2;;;/h2-5,7H,1H3;4-5H,2H2,1H3;1-2H3;2*1H;/q;;;;;+2/p-2. The van der Waals surface area contributed by atoms with Crippen molar-refractivity contribution < 1.29 is 47.2 Å². The van der Waals surface area contributed by atoms with Crippen LogP contribution in [0.25, 0.3) is 0 Å². The summed E-state index contributed by atoms with van der Waals surface area (Å²) in [7, 11) is 0. The molecule has 113 valence electrons. The quantitative estimate of drug-likeness (QED) is 0.516. The minimum absolute atomic E-state index is 0. The van der Waals surface area contributed by atoms with Crippen LogP contribution in [0.5, 0.6) is 0 Å². The average Bonchev–Trinajstić information content (AvgIpc) is 2.95. The van der Waals surface area contributed by atoms with Crippen LogP contribution in [0.2, 0.25) is 13.1 Å². The molecule has 0 saturated carbocycles. The Bertz CT molecular complexity index is 504. The maximum Gasteiger partial charge on any atom is -1.00 e. The minimum atomic E-state index is -0.0609. The number of rotatable bonds is 2. The molecule has 2 aliphatic carbocycles. The minimum Gasteiger partial charge on any atom is -1.00 e. The van der Waals surface area contributed by atoms with Crippen molar-refractivity contribution in [1.82, 2.24) is 0 Å². The summed E-state index contributed by atoms with van der Waals surface area (Å²) in [5, 5.41) is 0. The summed E-state index contributed by atoms with van der Waals surface area (Å²) in [5.74, 6) is 0.762. The number of thioether (sulfide) groups is 1. The third-order valence-corrected chi connectivity index (χ3v) is 11.9. The largest absolute Gasteiger partial charge is 1.00 e. The summed E-state index contributed by atoms with van der Waals surface area (Å²) in [6.07, 6.45) is 15.0. The zero-order chi connectivity index (χ0) is 13.8. The van der Waals surface area contributed by atoms with E-state index in [1.165, 1.54) is 21.8 Å². The fourth-order valence-corrected chi connectivity index (χ4v) is 10.9. The average molecular weight is 436 g/mol. The maximum absolute atomic E-state index is 2.45. The molecule has 0 N–H and O–H groups in total. The van der Waals surface area contributed by atoms with Gasteiger partial charge in [-0.05, 0) is 11.8 Å². The van der Waals surface area contributed by atoms with Gasteiger partial charge in [0.05, 0.1) is 0 Å². The fraction of sp³-hybridized carbons (Fsp3) is 0.375. The van der Waals surface area contributed by atoms with Crippen molar-refractivity contribution in [1.29, 1.82) is 0 Å². The molecule has 0 aromatic heterocycles. The predicted octanol–water partition coefficient (Wildman–Crippen LogP) is -0.731. The molecule has 0 aromatic carbocycles. The van der Waals surface area contributed by atoms with E-state index < -0.39 is 0 Å². The molecule has 21 heavy (non-hydrogen) atoms. The molecule has 3 aliphatic rings. The molecular weight excluding hydrogens is 414 g/mol. The summed E-state index contributed by atoms with van der Waals surface area (Å²) in [5.41, 5.74) is 1.50. The molecule has 1 aliphatic heterocycles. The van der Waals surface area contributed by atoms with Crippen LogP contribution in [0.15, 0.2) is 55.1 Å². The third kappa shape index (κ3) is 7.22. The molecule has 0 amide bonds. The van der Waals surface area contributed by atoms with Gasteiger partial charge in [-0.2, -0.15) is 0 Å². The Morgan fingerprint density at radius 1 is 1.24 bits per heavy atom. The van der Waals surface area contributed by atoms with Crippen molar-refractivity contribution in [3.8, 4) is 0 Å². The Kier molecular flexibility index (Phi) is 10.9. The van der Waals surface area contributed by atoms with Crippen molar-refractivity contribution in [2.75, 3.05) is 0 Å².